The maximum absolute atomic E-state index is 6.43. The van der Waals surface area contributed by atoms with Crippen LogP contribution in [0.4, 0.5) is 0 Å². The molecule has 0 aliphatic heterocycles. The second-order valence-corrected chi connectivity index (χ2v) is 15.8. The van der Waals surface area contributed by atoms with Crippen molar-refractivity contribution in [3.8, 4) is 56.3 Å². The molecule has 12 aromatic rings. The molecule has 0 saturated heterocycles. The lowest BCUT2D eigenvalue weighted by Gasteiger charge is -2.12. The van der Waals surface area contributed by atoms with E-state index in [4.69, 9.17) is 19.4 Å². The molecule has 12 rings (SSSR count). The molecule has 0 saturated carbocycles. The highest BCUT2D eigenvalue weighted by Gasteiger charge is 2.18. The summed E-state index contributed by atoms with van der Waals surface area (Å²) in [6, 6.07) is 65.9. The van der Waals surface area contributed by atoms with Crippen molar-refractivity contribution in [3.05, 3.63) is 188 Å². The lowest BCUT2D eigenvalue weighted by molar-refractivity contribution is 0.670. The molecule has 0 N–H and O–H groups in total. The Morgan fingerprint density at radius 2 is 1.07 bits per heavy atom. The highest BCUT2D eigenvalue weighted by Crippen LogP contribution is 2.44. The molecule has 58 heavy (non-hydrogen) atoms. The number of para-hydroxylation sites is 2. The van der Waals surface area contributed by atoms with Gasteiger partial charge < -0.3 is 4.42 Å². The number of hydrogen-bond acceptors (Lipinski definition) is 5. The monoisotopic (exact) mass is 757 g/mol. The largest absolute Gasteiger partial charge is 0.455 e. The lowest BCUT2D eigenvalue weighted by atomic mass is 9.98. The molecule has 4 heterocycles. The van der Waals surface area contributed by atoms with Gasteiger partial charge in [-0.3, -0.25) is 0 Å². The average Bonchev–Trinajstić information content (AvgIpc) is 3.88. The molecule has 8 aromatic carbocycles. The van der Waals surface area contributed by atoms with E-state index in [1.807, 2.05) is 41.7 Å². The summed E-state index contributed by atoms with van der Waals surface area (Å²) in [7, 11) is 0. The zero-order valence-corrected chi connectivity index (χ0v) is 31.9. The second kappa shape index (κ2) is 13.1. The first-order chi connectivity index (χ1) is 28.7. The van der Waals surface area contributed by atoms with Gasteiger partial charge >= 0.3 is 0 Å². The average molecular weight is 758 g/mol. The number of benzene rings is 8. The molecule has 0 fully saturated rings. The van der Waals surface area contributed by atoms with Crippen LogP contribution in [0.25, 0.3) is 120 Å². The third kappa shape index (κ3) is 5.32. The molecule has 0 aliphatic carbocycles. The first-order valence-electron chi connectivity index (χ1n) is 19.4. The number of fused-ring (bicyclic) bond motifs is 9. The molecule has 0 amide bonds. The van der Waals surface area contributed by atoms with Crippen molar-refractivity contribution in [2.24, 2.45) is 0 Å². The van der Waals surface area contributed by atoms with Gasteiger partial charge in [-0.2, -0.15) is 0 Å². The van der Waals surface area contributed by atoms with E-state index < -0.39 is 0 Å². The molecule has 4 aromatic heterocycles. The number of aromatic nitrogens is 3. The van der Waals surface area contributed by atoms with Crippen LogP contribution in [0.3, 0.4) is 0 Å². The molecule has 0 spiro atoms. The standard InChI is InChI=1S/C53H31N3OS/c1-2-12-32(13-3-1)44-31-45(38-17-10-16-37(28-38)39-20-11-21-41-40-18-6-8-22-47(40)57-51(39)41)56-53(55-44)34-26-24-33(25-27-34)50-52-49(42-19-7-9-23-48(42)58-52)43-29-35-14-4-5-15-36(35)30-46(43)54-50/h1-31H. The Bertz CT molecular complexity index is 3570. The number of hydrogen-bond donors (Lipinski definition) is 0. The Morgan fingerprint density at radius 1 is 0.414 bits per heavy atom. The van der Waals surface area contributed by atoms with E-state index in [2.05, 4.69) is 158 Å². The molecular formula is C53H31N3OS. The Hall–Kier alpha value is -7.47. The van der Waals surface area contributed by atoms with Crippen molar-refractivity contribution >= 4 is 75.1 Å². The number of pyridine rings is 1. The Kier molecular flexibility index (Phi) is 7.37. The van der Waals surface area contributed by atoms with Crippen molar-refractivity contribution in [1.29, 1.82) is 0 Å². The molecule has 5 heteroatoms. The van der Waals surface area contributed by atoms with Crippen molar-refractivity contribution in [3.63, 3.8) is 0 Å². The first kappa shape index (κ1) is 32.7. The summed E-state index contributed by atoms with van der Waals surface area (Å²) in [5, 5.41) is 8.34. The fraction of sp³-hybridized carbons (Fsp3) is 0. The topological polar surface area (TPSA) is 51.8 Å². The van der Waals surface area contributed by atoms with E-state index in [1.165, 1.54) is 36.3 Å². The molecule has 0 atom stereocenters. The van der Waals surface area contributed by atoms with Gasteiger partial charge in [0.2, 0.25) is 0 Å². The van der Waals surface area contributed by atoms with Crippen LogP contribution in [-0.4, -0.2) is 15.0 Å². The molecular weight excluding hydrogens is 727 g/mol. The molecule has 0 unspecified atom stereocenters. The Morgan fingerprint density at radius 3 is 1.93 bits per heavy atom. The van der Waals surface area contributed by atoms with Crippen LogP contribution in [-0.2, 0) is 0 Å². The van der Waals surface area contributed by atoms with Crippen LogP contribution in [0.2, 0.25) is 0 Å². The molecule has 270 valence electrons. The van der Waals surface area contributed by atoms with Crippen LogP contribution in [0.15, 0.2) is 192 Å². The number of furan rings is 1. The normalized spacial score (nSPS) is 11.8. The fourth-order valence-electron chi connectivity index (χ4n) is 8.45. The molecule has 0 bridgehead atoms. The van der Waals surface area contributed by atoms with E-state index in [1.54, 1.807) is 0 Å². The van der Waals surface area contributed by atoms with Gasteiger partial charge in [-0.15, -0.1) is 11.3 Å². The number of thiophene rings is 1. The summed E-state index contributed by atoms with van der Waals surface area (Å²) in [5.74, 6) is 0.664. The predicted molar refractivity (Wildman–Crippen MR) is 242 cm³/mol. The summed E-state index contributed by atoms with van der Waals surface area (Å²) >= 11 is 1.81. The predicted octanol–water partition coefficient (Wildman–Crippen LogP) is 14.8. The van der Waals surface area contributed by atoms with Crippen LogP contribution < -0.4 is 0 Å². The minimum Gasteiger partial charge on any atom is -0.455 e. The van der Waals surface area contributed by atoms with Crippen molar-refractivity contribution < 1.29 is 4.42 Å². The highest BCUT2D eigenvalue weighted by molar-refractivity contribution is 7.26. The highest BCUT2D eigenvalue weighted by atomic mass is 32.1. The third-order valence-corrected chi connectivity index (χ3v) is 12.4. The van der Waals surface area contributed by atoms with Gasteiger partial charge in [-0.1, -0.05) is 152 Å². The quantitative estimate of drug-likeness (QED) is 0.164. The van der Waals surface area contributed by atoms with Gasteiger partial charge in [0, 0.05) is 59.4 Å². The lowest BCUT2D eigenvalue weighted by Crippen LogP contribution is -1.96. The maximum atomic E-state index is 6.43. The first-order valence-corrected chi connectivity index (χ1v) is 20.2. The van der Waals surface area contributed by atoms with Crippen LogP contribution >= 0.6 is 11.3 Å². The minimum atomic E-state index is 0.664. The second-order valence-electron chi connectivity index (χ2n) is 14.7. The summed E-state index contributed by atoms with van der Waals surface area (Å²) < 4.78 is 8.88. The molecule has 0 radical (unpaired) electrons. The summed E-state index contributed by atoms with van der Waals surface area (Å²) in [5.41, 5.74) is 11.6. The van der Waals surface area contributed by atoms with Gasteiger partial charge in [-0.05, 0) is 52.7 Å². The van der Waals surface area contributed by atoms with Gasteiger partial charge in [-0.25, -0.2) is 15.0 Å². The van der Waals surface area contributed by atoms with Crippen LogP contribution in [0, 0.1) is 0 Å². The van der Waals surface area contributed by atoms with Gasteiger partial charge in [0.1, 0.15) is 11.2 Å². The van der Waals surface area contributed by atoms with E-state index in [9.17, 15) is 0 Å². The van der Waals surface area contributed by atoms with Crippen molar-refractivity contribution in [2.45, 2.75) is 0 Å². The number of nitrogens with zero attached hydrogens (tertiary/aromatic N) is 3. The van der Waals surface area contributed by atoms with Crippen molar-refractivity contribution in [1.82, 2.24) is 15.0 Å². The fourth-order valence-corrected chi connectivity index (χ4v) is 9.67. The van der Waals surface area contributed by atoms with Gasteiger partial charge in [0.25, 0.3) is 0 Å². The third-order valence-electron chi connectivity index (χ3n) is 11.3. The SMILES string of the molecule is c1ccc(-c2cc(-c3cccc(-c4cccc5c4oc4ccccc45)c3)nc(-c3ccc(-c4nc5cc6ccccc6cc5c5c4sc4ccccc45)cc3)n2)cc1. The van der Waals surface area contributed by atoms with E-state index in [0.29, 0.717) is 5.82 Å². The summed E-state index contributed by atoms with van der Waals surface area (Å²) in [4.78, 5) is 15.8. The van der Waals surface area contributed by atoms with E-state index >= 15 is 0 Å². The van der Waals surface area contributed by atoms with Gasteiger partial charge in [0.05, 0.1) is 27.3 Å². The smallest absolute Gasteiger partial charge is 0.160 e. The number of rotatable bonds is 5. The van der Waals surface area contributed by atoms with Crippen LogP contribution in [0.1, 0.15) is 0 Å². The summed E-state index contributed by atoms with van der Waals surface area (Å²) in [6.07, 6.45) is 0. The molecule has 0 aliphatic rings. The summed E-state index contributed by atoms with van der Waals surface area (Å²) in [6.45, 7) is 0. The zero-order chi connectivity index (χ0) is 38.2. The zero-order valence-electron chi connectivity index (χ0n) is 31.1. The van der Waals surface area contributed by atoms with E-state index in [0.717, 1.165) is 77.9 Å². The Balaban J connectivity index is 0.989. The van der Waals surface area contributed by atoms with E-state index in [-0.39, 0.29) is 0 Å². The van der Waals surface area contributed by atoms with Crippen molar-refractivity contribution in [2.75, 3.05) is 0 Å². The maximum Gasteiger partial charge on any atom is 0.160 e. The van der Waals surface area contributed by atoms with Crippen LogP contribution in [0.5, 0.6) is 0 Å². The Labute approximate surface area is 337 Å². The van der Waals surface area contributed by atoms with Gasteiger partial charge in [0.15, 0.2) is 5.82 Å². The molecule has 4 nitrogen and oxygen atoms in total. The minimum absolute atomic E-state index is 0.664.